The fourth-order valence-corrected chi connectivity index (χ4v) is 1.94. The molecule has 102 valence electrons. The molecule has 0 fully saturated rings. The second-order valence-corrected chi connectivity index (χ2v) is 4.45. The lowest BCUT2D eigenvalue weighted by molar-refractivity contribution is -0.116. The summed E-state index contributed by atoms with van der Waals surface area (Å²) in [6.45, 7) is 4.50. The fourth-order valence-electron chi connectivity index (χ4n) is 1.94. The van der Waals surface area contributed by atoms with Gasteiger partial charge < -0.3 is 10.2 Å². The topological polar surface area (TPSA) is 94.0 Å². The van der Waals surface area contributed by atoms with Crippen molar-refractivity contribution in [3.8, 4) is 0 Å². The molecule has 0 bridgehead atoms. The van der Waals surface area contributed by atoms with Crippen LogP contribution in [0.4, 0.5) is 6.01 Å². The van der Waals surface area contributed by atoms with Crippen molar-refractivity contribution in [1.29, 1.82) is 0 Å². The third kappa shape index (κ3) is 5.27. The van der Waals surface area contributed by atoms with Crippen LogP contribution in [0.3, 0.4) is 0 Å². The lowest BCUT2D eigenvalue weighted by Gasteiger charge is -2.13. The van der Waals surface area contributed by atoms with Gasteiger partial charge in [-0.05, 0) is 25.3 Å². The average molecular weight is 254 g/mol. The van der Waals surface area contributed by atoms with Crippen LogP contribution in [0.15, 0.2) is 4.42 Å². The first-order valence-electron chi connectivity index (χ1n) is 6.45. The second-order valence-electron chi connectivity index (χ2n) is 4.45. The summed E-state index contributed by atoms with van der Waals surface area (Å²) >= 11 is 0. The van der Waals surface area contributed by atoms with Crippen molar-refractivity contribution < 1.29 is 9.21 Å². The van der Waals surface area contributed by atoms with Crippen LogP contribution < -0.4 is 11.1 Å². The standard InChI is InChI=1S/C12H22N4O2/c1-3-4-10(7-8-13)5-6-11(17)14-12-16-15-9(2)18-12/h10H,3-8,13H2,1-2H3,(H,14,16,17). The minimum atomic E-state index is -0.0863. The highest BCUT2D eigenvalue weighted by atomic mass is 16.4. The van der Waals surface area contributed by atoms with Crippen LogP contribution in [-0.2, 0) is 4.79 Å². The van der Waals surface area contributed by atoms with Gasteiger partial charge in [-0.1, -0.05) is 24.9 Å². The summed E-state index contributed by atoms with van der Waals surface area (Å²) in [6, 6.07) is 0.170. The molecule has 1 heterocycles. The molecule has 1 aromatic rings. The van der Waals surface area contributed by atoms with E-state index in [1.807, 2.05) is 0 Å². The van der Waals surface area contributed by atoms with E-state index in [4.69, 9.17) is 10.2 Å². The number of amides is 1. The Kier molecular flexibility index (Phi) is 6.35. The van der Waals surface area contributed by atoms with Crippen molar-refractivity contribution in [2.45, 2.75) is 46.0 Å². The molecule has 0 saturated carbocycles. The number of aromatic nitrogens is 2. The summed E-state index contributed by atoms with van der Waals surface area (Å²) in [4.78, 5) is 11.7. The fraction of sp³-hybridized carbons (Fsp3) is 0.750. The zero-order chi connectivity index (χ0) is 13.4. The van der Waals surface area contributed by atoms with Gasteiger partial charge in [-0.3, -0.25) is 10.1 Å². The number of carbonyl (C=O) groups excluding carboxylic acids is 1. The van der Waals surface area contributed by atoms with E-state index in [1.54, 1.807) is 6.92 Å². The zero-order valence-corrected chi connectivity index (χ0v) is 11.1. The molecule has 3 N–H and O–H groups in total. The van der Waals surface area contributed by atoms with Gasteiger partial charge in [0.1, 0.15) is 0 Å². The number of nitrogens with two attached hydrogens (primary N) is 1. The highest BCUT2D eigenvalue weighted by Gasteiger charge is 2.12. The normalized spacial score (nSPS) is 12.4. The van der Waals surface area contributed by atoms with E-state index in [-0.39, 0.29) is 11.9 Å². The maximum absolute atomic E-state index is 11.7. The zero-order valence-electron chi connectivity index (χ0n) is 11.1. The average Bonchev–Trinajstić information content (AvgIpc) is 2.72. The van der Waals surface area contributed by atoms with Crippen LogP contribution >= 0.6 is 0 Å². The smallest absolute Gasteiger partial charge is 0.322 e. The van der Waals surface area contributed by atoms with Gasteiger partial charge in [-0.15, -0.1) is 5.10 Å². The van der Waals surface area contributed by atoms with E-state index in [1.165, 1.54) is 0 Å². The molecule has 0 aliphatic heterocycles. The molecule has 0 aliphatic rings. The lowest BCUT2D eigenvalue weighted by atomic mass is 9.94. The van der Waals surface area contributed by atoms with Gasteiger partial charge in [0.25, 0.3) is 0 Å². The summed E-state index contributed by atoms with van der Waals surface area (Å²) in [5.41, 5.74) is 5.56. The molecule has 1 amide bonds. The molecule has 1 rings (SSSR count). The SMILES string of the molecule is CCCC(CCN)CCC(=O)Nc1nnc(C)o1. The maximum Gasteiger partial charge on any atom is 0.322 e. The van der Waals surface area contributed by atoms with E-state index in [0.717, 1.165) is 25.7 Å². The predicted molar refractivity (Wildman–Crippen MR) is 69.0 cm³/mol. The minimum absolute atomic E-state index is 0.0863. The summed E-state index contributed by atoms with van der Waals surface area (Å²) < 4.78 is 5.08. The Balaban J connectivity index is 2.30. The monoisotopic (exact) mass is 254 g/mol. The first kappa shape index (κ1) is 14.6. The molecular formula is C12H22N4O2. The molecule has 1 atom stereocenters. The van der Waals surface area contributed by atoms with Crippen molar-refractivity contribution in [3.05, 3.63) is 5.89 Å². The van der Waals surface area contributed by atoms with E-state index in [9.17, 15) is 4.79 Å². The number of rotatable bonds is 8. The lowest BCUT2D eigenvalue weighted by Crippen LogP contribution is -2.15. The second kappa shape index (κ2) is 7.81. The molecule has 0 aromatic carbocycles. The molecule has 6 nitrogen and oxygen atoms in total. The molecule has 0 radical (unpaired) electrons. The third-order valence-corrected chi connectivity index (χ3v) is 2.82. The van der Waals surface area contributed by atoms with Gasteiger partial charge in [-0.25, -0.2) is 0 Å². The Morgan fingerprint density at radius 1 is 1.39 bits per heavy atom. The number of nitrogens with one attached hydrogen (secondary N) is 1. The Bertz CT molecular complexity index is 359. The van der Waals surface area contributed by atoms with Crippen LogP contribution in [0, 0.1) is 12.8 Å². The molecule has 0 saturated heterocycles. The van der Waals surface area contributed by atoms with E-state index < -0.39 is 0 Å². The summed E-state index contributed by atoms with van der Waals surface area (Å²) in [6.07, 6.45) is 4.52. The predicted octanol–water partition coefficient (Wildman–Crippen LogP) is 1.86. The highest BCUT2D eigenvalue weighted by Crippen LogP contribution is 2.17. The van der Waals surface area contributed by atoms with E-state index >= 15 is 0 Å². The van der Waals surface area contributed by atoms with Crippen LogP contribution in [0.25, 0.3) is 0 Å². The quantitative estimate of drug-likeness (QED) is 0.738. The molecule has 0 spiro atoms. The van der Waals surface area contributed by atoms with Gasteiger partial charge in [0.2, 0.25) is 11.8 Å². The van der Waals surface area contributed by atoms with Crippen molar-refractivity contribution in [2.75, 3.05) is 11.9 Å². The molecule has 6 heteroatoms. The largest absolute Gasteiger partial charge is 0.408 e. The summed E-state index contributed by atoms with van der Waals surface area (Å²) in [5, 5.41) is 9.95. The minimum Gasteiger partial charge on any atom is -0.408 e. The summed E-state index contributed by atoms with van der Waals surface area (Å²) in [5.74, 6) is 0.879. The Morgan fingerprint density at radius 3 is 2.72 bits per heavy atom. The van der Waals surface area contributed by atoms with Crippen molar-refractivity contribution in [1.82, 2.24) is 10.2 Å². The number of anilines is 1. The van der Waals surface area contributed by atoms with Crippen molar-refractivity contribution >= 4 is 11.9 Å². The Morgan fingerprint density at radius 2 is 2.17 bits per heavy atom. The van der Waals surface area contributed by atoms with Gasteiger partial charge >= 0.3 is 6.01 Å². The van der Waals surface area contributed by atoms with Gasteiger partial charge in [0, 0.05) is 13.3 Å². The molecule has 1 unspecified atom stereocenters. The van der Waals surface area contributed by atoms with E-state index in [0.29, 0.717) is 24.8 Å². The maximum atomic E-state index is 11.7. The van der Waals surface area contributed by atoms with E-state index in [2.05, 4.69) is 22.4 Å². The molecule has 18 heavy (non-hydrogen) atoms. The number of carbonyl (C=O) groups is 1. The van der Waals surface area contributed by atoms with Crippen molar-refractivity contribution in [3.63, 3.8) is 0 Å². The number of hydrogen-bond acceptors (Lipinski definition) is 5. The summed E-state index contributed by atoms with van der Waals surface area (Å²) in [7, 11) is 0. The molecule has 0 aliphatic carbocycles. The van der Waals surface area contributed by atoms with Gasteiger partial charge in [0.15, 0.2) is 0 Å². The molecular weight excluding hydrogens is 232 g/mol. The first-order valence-corrected chi connectivity index (χ1v) is 6.45. The number of aryl methyl sites for hydroxylation is 1. The number of nitrogens with zero attached hydrogens (tertiary/aromatic N) is 2. The van der Waals surface area contributed by atoms with Crippen LogP contribution in [-0.4, -0.2) is 22.6 Å². The Labute approximate surface area is 107 Å². The van der Waals surface area contributed by atoms with Gasteiger partial charge in [0.05, 0.1) is 0 Å². The highest BCUT2D eigenvalue weighted by molar-refractivity contribution is 5.88. The first-order chi connectivity index (χ1) is 8.65. The van der Waals surface area contributed by atoms with Crippen LogP contribution in [0.1, 0.15) is 44.9 Å². The van der Waals surface area contributed by atoms with Gasteiger partial charge in [-0.2, -0.15) is 0 Å². The van der Waals surface area contributed by atoms with Crippen molar-refractivity contribution in [2.24, 2.45) is 11.7 Å². The third-order valence-electron chi connectivity index (χ3n) is 2.82. The Hall–Kier alpha value is -1.43. The van der Waals surface area contributed by atoms with Crippen LogP contribution in [0.5, 0.6) is 0 Å². The van der Waals surface area contributed by atoms with Crippen LogP contribution in [0.2, 0.25) is 0 Å². The molecule has 1 aromatic heterocycles. The number of hydrogen-bond donors (Lipinski definition) is 2.